The summed E-state index contributed by atoms with van der Waals surface area (Å²) in [5.74, 6) is -0.513. The molecule has 0 aliphatic heterocycles. The van der Waals surface area contributed by atoms with E-state index in [4.69, 9.17) is 9.47 Å². The molecule has 0 saturated heterocycles. The Morgan fingerprint density at radius 1 is 1.25 bits per heavy atom. The van der Waals surface area contributed by atoms with Crippen LogP contribution in [0, 0.1) is 5.92 Å². The van der Waals surface area contributed by atoms with Crippen molar-refractivity contribution in [1.29, 1.82) is 0 Å². The third-order valence-corrected chi connectivity index (χ3v) is 1.52. The van der Waals surface area contributed by atoms with Gasteiger partial charge in [-0.3, -0.25) is 4.79 Å². The van der Waals surface area contributed by atoms with Crippen LogP contribution in [0.4, 0.5) is 0 Å². The summed E-state index contributed by atoms with van der Waals surface area (Å²) in [4.78, 5) is 21.6. The average molecular weight is 230 g/mol. The molecule has 0 aliphatic carbocycles. The van der Waals surface area contributed by atoms with E-state index in [1.54, 1.807) is 0 Å². The van der Waals surface area contributed by atoms with E-state index >= 15 is 0 Å². The lowest BCUT2D eigenvalue weighted by Crippen LogP contribution is -2.14. The van der Waals surface area contributed by atoms with Gasteiger partial charge in [-0.15, -0.1) is 0 Å². The first-order valence-electron chi connectivity index (χ1n) is 5.08. The minimum atomic E-state index is -0.545. The largest absolute Gasteiger partial charge is 0.463 e. The number of hydrogen-bond acceptors (Lipinski definition) is 5. The number of hydrogen-bond donors (Lipinski definition) is 0. The zero-order valence-corrected chi connectivity index (χ0v) is 9.73. The zero-order valence-electron chi connectivity index (χ0n) is 9.73. The van der Waals surface area contributed by atoms with E-state index < -0.39 is 5.97 Å². The standard InChI is InChI=1S/C11H18O5/c1-4-10(12)16-8-14-5-6-15-11(13)7-9(2)3/h4,9H,1,5-8H2,2-3H3. The number of carbonyl (C=O) groups excluding carboxylic acids is 2. The third kappa shape index (κ3) is 9.21. The van der Waals surface area contributed by atoms with Crippen LogP contribution in [0.25, 0.3) is 0 Å². The van der Waals surface area contributed by atoms with Crippen LogP contribution in [0.2, 0.25) is 0 Å². The van der Waals surface area contributed by atoms with Crippen molar-refractivity contribution in [3.8, 4) is 0 Å². The minimum Gasteiger partial charge on any atom is -0.463 e. The summed E-state index contributed by atoms with van der Waals surface area (Å²) in [7, 11) is 0. The molecule has 92 valence electrons. The Bertz CT molecular complexity index is 235. The Balaban J connectivity index is 3.30. The molecule has 16 heavy (non-hydrogen) atoms. The molecule has 0 fully saturated rings. The Morgan fingerprint density at radius 3 is 2.50 bits per heavy atom. The molecule has 0 radical (unpaired) electrons. The predicted molar refractivity (Wildman–Crippen MR) is 57.5 cm³/mol. The fourth-order valence-corrected chi connectivity index (χ4v) is 0.824. The first-order valence-corrected chi connectivity index (χ1v) is 5.08. The minimum absolute atomic E-state index is 0.160. The summed E-state index contributed by atoms with van der Waals surface area (Å²) in [6.07, 6.45) is 1.44. The highest BCUT2D eigenvalue weighted by atomic mass is 16.7. The Morgan fingerprint density at radius 2 is 1.94 bits per heavy atom. The van der Waals surface area contributed by atoms with E-state index in [9.17, 15) is 9.59 Å². The molecule has 0 unspecified atom stereocenters. The summed E-state index contributed by atoms with van der Waals surface area (Å²) in [5.41, 5.74) is 0. The maximum absolute atomic E-state index is 11.1. The Labute approximate surface area is 95.4 Å². The molecule has 0 rings (SSSR count). The van der Waals surface area contributed by atoms with E-state index in [1.165, 1.54) is 0 Å². The molecule has 0 heterocycles. The Kier molecular flexibility index (Phi) is 8.15. The highest BCUT2D eigenvalue weighted by Gasteiger charge is 2.05. The average Bonchev–Trinajstić information content (AvgIpc) is 2.21. The van der Waals surface area contributed by atoms with Gasteiger partial charge in [0.25, 0.3) is 0 Å². The molecule has 5 nitrogen and oxygen atoms in total. The lowest BCUT2D eigenvalue weighted by atomic mass is 10.1. The number of rotatable bonds is 8. The molecule has 5 heteroatoms. The fourth-order valence-electron chi connectivity index (χ4n) is 0.824. The lowest BCUT2D eigenvalue weighted by Gasteiger charge is -2.07. The third-order valence-electron chi connectivity index (χ3n) is 1.52. The summed E-state index contributed by atoms with van der Waals surface area (Å²) in [6.45, 7) is 7.31. The second kappa shape index (κ2) is 8.91. The monoisotopic (exact) mass is 230 g/mol. The topological polar surface area (TPSA) is 61.8 Å². The van der Waals surface area contributed by atoms with E-state index in [1.807, 2.05) is 13.8 Å². The molecule has 0 aromatic heterocycles. The van der Waals surface area contributed by atoms with Crippen LogP contribution in [0.3, 0.4) is 0 Å². The van der Waals surface area contributed by atoms with Crippen LogP contribution in [-0.4, -0.2) is 31.9 Å². The van der Waals surface area contributed by atoms with Crippen LogP contribution >= 0.6 is 0 Å². The Hall–Kier alpha value is -1.36. The van der Waals surface area contributed by atoms with Crippen molar-refractivity contribution in [1.82, 2.24) is 0 Å². The van der Waals surface area contributed by atoms with Gasteiger partial charge in [0.1, 0.15) is 6.61 Å². The van der Waals surface area contributed by atoms with Crippen molar-refractivity contribution in [2.75, 3.05) is 20.0 Å². The van der Waals surface area contributed by atoms with Crippen molar-refractivity contribution in [3.05, 3.63) is 12.7 Å². The molecule has 0 aromatic rings. The van der Waals surface area contributed by atoms with Gasteiger partial charge in [-0.2, -0.15) is 0 Å². The van der Waals surface area contributed by atoms with E-state index in [0.29, 0.717) is 6.42 Å². The highest BCUT2D eigenvalue weighted by Crippen LogP contribution is 2.00. The van der Waals surface area contributed by atoms with Crippen LogP contribution in [-0.2, 0) is 23.8 Å². The molecule has 0 saturated carbocycles. The zero-order chi connectivity index (χ0) is 12.4. The fraction of sp³-hybridized carbons (Fsp3) is 0.636. The lowest BCUT2D eigenvalue weighted by molar-refractivity contribution is -0.156. The second-order valence-corrected chi connectivity index (χ2v) is 3.51. The molecule has 0 N–H and O–H groups in total. The van der Waals surface area contributed by atoms with Crippen LogP contribution in [0.1, 0.15) is 20.3 Å². The van der Waals surface area contributed by atoms with Gasteiger partial charge in [0.05, 0.1) is 6.61 Å². The maximum Gasteiger partial charge on any atom is 0.332 e. The smallest absolute Gasteiger partial charge is 0.332 e. The van der Waals surface area contributed by atoms with Crippen molar-refractivity contribution in [3.63, 3.8) is 0 Å². The van der Waals surface area contributed by atoms with Crippen molar-refractivity contribution in [2.45, 2.75) is 20.3 Å². The van der Waals surface area contributed by atoms with Crippen LogP contribution in [0.5, 0.6) is 0 Å². The molecular formula is C11H18O5. The van der Waals surface area contributed by atoms with Crippen LogP contribution < -0.4 is 0 Å². The van der Waals surface area contributed by atoms with Crippen molar-refractivity contribution < 1.29 is 23.8 Å². The molecular weight excluding hydrogens is 212 g/mol. The molecule has 0 aliphatic rings. The number of esters is 2. The maximum atomic E-state index is 11.1. The van der Waals surface area contributed by atoms with E-state index in [-0.39, 0.29) is 31.9 Å². The predicted octanol–water partition coefficient (Wildman–Crippen LogP) is 1.28. The van der Waals surface area contributed by atoms with Gasteiger partial charge in [-0.05, 0) is 5.92 Å². The first kappa shape index (κ1) is 14.6. The quantitative estimate of drug-likeness (QED) is 0.272. The summed E-state index contributed by atoms with van der Waals surface area (Å²) in [5, 5.41) is 0. The normalized spacial score (nSPS) is 9.94. The molecule has 0 spiro atoms. The first-order chi connectivity index (χ1) is 7.56. The van der Waals surface area contributed by atoms with Gasteiger partial charge in [-0.1, -0.05) is 20.4 Å². The van der Waals surface area contributed by atoms with E-state index in [0.717, 1.165) is 6.08 Å². The van der Waals surface area contributed by atoms with Gasteiger partial charge in [0, 0.05) is 12.5 Å². The van der Waals surface area contributed by atoms with Gasteiger partial charge >= 0.3 is 11.9 Å². The summed E-state index contributed by atoms with van der Waals surface area (Å²) >= 11 is 0. The van der Waals surface area contributed by atoms with Crippen molar-refractivity contribution in [2.24, 2.45) is 5.92 Å². The number of carbonyl (C=O) groups is 2. The number of ether oxygens (including phenoxy) is 3. The highest BCUT2D eigenvalue weighted by molar-refractivity contribution is 5.81. The second-order valence-electron chi connectivity index (χ2n) is 3.51. The summed E-state index contributed by atoms with van der Waals surface area (Å²) < 4.78 is 14.3. The van der Waals surface area contributed by atoms with Crippen molar-refractivity contribution >= 4 is 11.9 Å². The molecule has 0 amide bonds. The van der Waals surface area contributed by atoms with Crippen LogP contribution in [0.15, 0.2) is 12.7 Å². The summed E-state index contributed by atoms with van der Waals surface area (Å²) in [6, 6.07) is 0. The SMILES string of the molecule is C=CC(=O)OCOCCOC(=O)CC(C)C. The van der Waals surface area contributed by atoms with Gasteiger partial charge in [0.15, 0.2) is 6.79 Å². The van der Waals surface area contributed by atoms with Gasteiger partial charge in [-0.25, -0.2) is 4.79 Å². The molecule has 0 atom stereocenters. The van der Waals surface area contributed by atoms with E-state index in [2.05, 4.69) is 11.3 Å². The van der Waals surface area contributed by atoms with Gasteiger partial charge < -0.3 is 14.2 Å². The van der Waals surface area contributed by atoms with Gasteiger partial charge in [0.2, 0.25) is 0 Å². The molecule has 0 bridgehead atoms. The molecule has 0 aromatic carbocycles.